The van der Waals surface area contributed by atoms with Crippen LogP contribution in [0.2, 0.25) is 0 Å². The Balaban J connectivity index is -0.000000308. The fraction of sp³-hybridized carbons (Fsp3) is 0.900. The Bertz CT molecular complexity index is 343. The molecule has 0 heterocycles. The van der Waals surface area contributed by atoms with Crippen LogP contribution < -0.4 is 0 Å². The summed E-state index contributed by atoms with van der Waals surface area (Å²) in [5.74, 6) is 0. The Morgan fingerprint density at radius 1 is 0.680 bits per heavy atom. The van der Waals surface area contributed by atoms with Gasteiger partial charge < -0.3 is 65.4 Å². The van der Waals surface area contributed by atoms with Crippen LogP contribution in [0.4, 0.5) is 0 Å². The van der Waals surface area contributed by atoms with Gasteiger partial charge in [-0.05, 0) is 0 Å². The maximum atomic E-state index is 9.76. The summed E-state index contributed by atoms with van der Waals surface area (Å²) in [6.45, 7) is -1.97. The number of carbonyl (C=O) groups is 1. The molecule has 154 valence electrons. The van der Waals surface area contributed by atoms with E-state index in [2.05, 4.69) is 0 Å². The number of aliphatic hydroxyl groups is 9. The van der Waals surface area contributed by atoms with E-state index in [9.17, 15) is 4.79 Å². The van der Waals surface area contributed by atoms with Crippen LogP contribution in [-0.2, 0) is 9.36 Å². The van der Waals surface area contributed by atoms with Crippen LogP contribution in [0.1, 0.15) is 0 Å². The van der Waals surface area contributed by atoms with Gasteiger partial charge in [0.2, 0.25) is 0 Å². The van der Waals surface area contributed by atoms with E-state index in [-0.39, 0.29) is 6.29 Å². The fourth-order valence-electron chi connectivity index (χ4n) is 0.889. The smallest absolute Gasteiger partial charge is 0.394 e. The van der Waals surface area contributed by atoms with Gasteiger partial charge in [-0.15, -0.1) is 0 Å². The van der Waals surface area contributed by atoms with E-state index in [1.54, 1.807) is 0 Å². The highest BCUT2D eigenvalue weighted by atomic mass is 31.2. The third kappa shape index (κ3) is 19.6. The molecule has 5 unspecified atom stereocenters. The molecule has 0 spiro atoms. The van der Waals surface area contributed by atoms with Gasteiger partial charge in [0.15, 0.2) is 6.29 Å². The number of carbonyl (C=O) groups excluding carboxylic acids is 1. The van der Waals surface area contributed by atoms with Crippen molar-refractivity contribution < 1.29 is 70.0 Å². The maximum absolute atomic E-state index is 9.76. The van der Waals surface area contributed by atoms with Crippen molar-refractivity contribution in [3.63, 3.8) is 0 Å². The molecule has 15 heteroatoms. The minimum atomic E-state index is -4.64. The Morgan fingerprint density at radius 2 is 0.920 bits per heavy atom. The molecule has 0 aromatic heterocycles. The third-order valence-corrected chi connectivity index (χ3v) is 2.23. The second-order valence-corrected chi connectivity index (χ2v) is 5.40. The van der Waals surface area contributed by atoms with Crippen LogP contribution in [-0.4, -0.2) is 123 Å². The van der Waals surface area contributed by atoms with Gasteiger partial charge in [-0.2, -0.15) is 0 Å². The number of phosphoric acid groups is 1. The number of hydrogen-bond acceptors (Lipinski definition) is 11. The molecule has 0 fully saturated rings. The SMILES string of the molecule is O=CC(O)C(O)C(O)CO.O=P(O)(O)O.OCC(O)C(O)C(O)CO. The number of aliphatic hydroxyl groups excluding tert-OH is 9. The van der Waals surface area contributed by atoms with Gasteiger partial charge >= 0.3 is 7.82 Å². The lowest BCUT2D eigenvalue weighted by atomic mass is 10.1. The summed E-state index contributed by atoms with van der Waals surface area (Å²) in [6, 6.07) is 0. The molecule has 0 rings (SSSR count). The molecule has 25 heavy (non-hydrogen) atoms. The van der Waals surface area contributed by atoms with Crippen LogP contribution in [0.25, 0.3) is 0 Å². The largest absolute Gasteiger partial charge is 0.466 e. The Hall–Kier alpha value is -0.580. The van der Waals surface area contributed by atoms with E-state index in [1.807, 2.05) is 0 Å². The predicted octanol–water partition coefficient (Wildman–Crippen LogP) is -6.61. The molecule has 0 radical (unpaired) electrons. The average molecular weight is 400 g/mol. The van der Waals surface area contributed by atoms with Gasteiger partial charge in [0, 0.05) is 0 Å². The summed E-state index contributed by atoms with van der Waals surface area (Å²) in [5, 5.41) is 76.6. The molecule has 0 aliphatic rings. The van der Waals surface area contributed by atoms with Crippen molar-refractivity contribution in [3.05, 3.63) is 0 Å². The lowest BCUT2D eigenvalue weighted by molar-refractivity contribution is -0.127. The second-order valence-electron chi connectivity index (χ2n) is 4.37. The first-order chi connectivity index (χ1) is 11.3. The van der Waals surface area contributed by atoms with E-state index in [0.29, 0.717) is 0 Å². The molecular weight excluding hydrogens is 375 g/mol. The first kappa shape index (κ1) is 29.2. The third-order valence-electron chi connectivity index (χ3n) is 2.23. The highest BCUT2D eigenvalue weighted by Crippen LogP contribution is 2.25. The van der Waals surface area contributed by atoms with Crippen LogP contribution in [0.5, 0.6) is 0 Å². The van der Waals surface area contributed by atoms with E-state index in [4.69, 9.17) is 65.2 Å². The van der Waals surface area contributed by atoms with E-state index in [0.717, 1.165) is 0 Å². The fourth-order valence-corrected chi connectivity index (χ4v) is 0.889. The summed E-state index contributed by atoms with van der Waals surface area (Å²) in [5.41, 5.74) is 0. The molecule has 14 nitrogen and oxygen atoms in total. The van der Waals surface area contributed by atoms with Crippen molar-refractivity contribution in [3.8, 4) is 0 Å². The van der Waals surface area contributed by atoms with Crippen molar-refractivity contribution in [2.75, 3.05) is 19.8 Å². The maximum Gasteiger partial charge on any atom is 0.466 e. The topological polar surface area (TPSA) is 277 Å². The number of rotatable bonds is 8. The summed E-state index contributed by atoms with van der Waals surface area (Å²) in [6.07, 6.45) is -8.92. The quantitative estimate of drug-likeness (QED) is 0.133. The molecular formula is C10H25O14P. The molecule has 0 aliphatic carbocycles. The molecule has 0 aromatic rings. The first-order valence-electron chi connectivity index (χ1n) is 6.41. The molecule has 0 aromatic carbocycles. The van der Waals surface area contributed by atoms with Crippen molar-refractivity contribution in [2.24, 2.45) is 0 Å². The zero-order valence-corrected chi connectivity index (χ0v) is 13.7. The molecule has 0 bridgehead atoms. The number of hydrogen-bond donors (Lipinski definition) is 12. The molecule has 12 N–H and O–H groups in total. The Morgan fingerprint density at radius 3 is 1.12 bits per heavy atom. The van der Waals surface area contributed by atoms with Gasteiger partial charge in [-0.3, -0.25) is 0 Å². The van der Waals surface area contributed by atoms with Gasteiger partial charge in [0.25, 0.3) is 0 Å². The highest BCUT2D eigenvalue weighted by molar-refractivity contribution is 7.45. The summed E-state index contributed by atoms with van der Waals surface area (Å²) >= 11 is 0. The van der Waals surface area contributed by atoms with Crippen molar-refractivity contribution >= 4 is 14.1 Å². The van der Waals surface area contributed by atoms with Gasteiger partial charge in [0.1, 0.15) is 36.6 Å². The Kier molecular flexibility index (Phi) is 18.3. The first-order valence-corrected chi connectivity index (χ1v) is 7.97. The minimum absolute atomic E-state index is 0.0869. The molecule has 0 aliphatic heterocycles. The van der Waals surface area contributed by atoms with E-state index in [1.165, 1.54) is 0 Å². The monoisotopic (exact) mass is 400 g/mol. The lowest BCUT2D eigenvalue weighted by Crippen LogP contribution is -2.41. The van der Waals surface area contributed by atoms with Crippen molar-refractivity contribution in [1.82, 2.24) is 0 Å². The highest BCUT2D eigenvalue weighted by Gasteiger charge is 2.23. The van der Waals surface area contributed by atoms with Crippen LogP contribution in [0.15, 0.2) is 0 Å². The van der Waals surface area contributed by atoms with E-state index < -0.39 is 64.3 Å². The summed E-state index contributed by atoms with van der Waals surface area (Å²) < 4.78 is 8.88. The van der Waals surface area contributed by atoms with Crippen LogP contribution in [0, 0.1) is 0 Å². The zero-order chi connectivity index (χ0) is 20.8. The lowest BCUT2D eigenvalue weighted by Gasteiger charge is -2.19. The average Bonchev–Trinajstić information content (AvgIpc) is 2.56. The normalized spacial score (nSPS) is 18.2. The summed E-state index contributed by atoms with van der Waals surface area (Å²) in [4.78, 5) is 31.3. The van der Waals surface area contributed by atoms with Crippen LogP contribution in [0.3, 0.4) is 0 Å². The zero-order valence-electron chi connectivity index (χ0n) is 12.8. The van der Waals surface area contributed by atoms with Gasteiger partial charge in [0.05, 0.1) is 19.8 Å². The van der Waals surface area contributed by atoms with E-state index >= 15 is 0 Å². The molecule has 0 saturated heterocycles. The second kappa shape index (κ2) is 15.7. The van der Waals surface area contributed by atoms with Crippen LogP contribution >= 0.6 is 7.82 Å². The van der Waals surface area contributed by atoms with Crippen molar-refractivity contribution in [1.29, 1.82) is 0 Å². The molecule has 0 saturated carbocycles. The Labute approximate surface area is 141 Å². The number of aldehydes is 1. The molecule has 5 atom stereocenters. The molecule has 0 amide bonds. The van der Waals surface area contributed by atoms with Gasteiger partial charge in [-0.1, -0.05) is 0 Å². The van der Waals surface area contributed by atoms with Crippen molar-refractivity contribution in [2.45, 2.75) is 36.6 Å². The van der Waals surface area contributed by atoms with Gasteiger partial charge in [-0.25, -0.2) is 4.57 Å². The standard InChI is InChI=1S/C5H12O5.C5H10O5.H3O4P/c2*6-1-3(8)5(10)4(9)2-7;1-5(2,3)4/h3-10H,1-2H2;1,3-5,7-10H,2H2;(H3,1,2,3,4). The summed E-state index contributed by atoms with van der Waals surface area (Å²) in [7, 11) is -4.64. The minimum Gasteiger partial charge on any atom is -0.394 e. The predicted molar refractivity (Wildman–Crippen MR) is 77.6 cm³/mol.